The molecule has 0 bridgehead atoms. The van der Waals surface area contributed by atoms with E-state index in [0.29, 0.717) is 58.0 Å². The summed E-state index contributed by atoms with van der Waals surface area (Å²) < 4.78 is 54.2. The van der Waals surface area contributed by atoms with Crippen LogP contribution in [0.15, 0.2) is 0 Å². The van der Waals surface area contributed by atoms with Gasteiger partial charge in [-0.25, -0.2) is 17.6 Å². The molecule has 2 aliphatic carbocycles. The van der Waals surface area contributed by atoms with Crippen LogP contribution in [0.2, 0.25) is 0 Å². The van der Waals surface area contributed by atoms with E-state index < -0.39 is 53.8 Å². The van der Waals surface area contributed by atoms with E-state index in [1.807, 2.05) is 0 Å². The second-order valence-corrected chi connectivity index (χ2v) is 8.72. The standard InChI is InChI=1S/C15H24F4N2.2ClH.Ti/c16-10-4-1-5-11(17)14(10)20-8-3-9-21-15-12(18)6-2-7-13(15)19;;;/h10-15H,1-9H2;2*1H;/q-2;;;+2/p-2. The van der Waals surface area contributed by atoms with Crippen LogP contribution in [0.4, 0.5) is 17.6 Å². The number of alkyl halides is 4. The Labute approximate surface area is 158 Å². The zero-order chi connectivity index (χ0) is 17.9. The second kappa shape index (κ2) is 13.2. The van der Waals surface area contributed by atoms with Crippen molar-refractivity contribution in [2.45, 2.75) is 81.7 Å². The van der Waals surface area contributed by atoms with E-state index in [1.54, 1.807) is 0 Å². The summed E-state index contributed by atoms with van der Waals surface area (Å²) in [7, 11) is 9.78. The van der Waals surface area contributed by atoms with Gasteiger partial charge in [-0.3, -0.25) is 0 Å². The summed E-state index contributed by atoms with van der Waals surface area (Å²) in [6.45, 7) is 0.602. The van der Waals surface area contributed by atoms with Gasteiger partial charge < -0.3 is 10.6 Å². The predicted octanol–water partition coefficient (Wildman–Crippen LogP) is 5.96. The Morgan fingerprint density at radius 3 is 1.29 bits per heavy atom. The van der Waals surface area contributed by atoms with Gasteiger partial charge in [0.25, 0.3) is 0 Å². The summed E-state index contributed by atoms with van der Waals surface area (Å²) in [6.07, 6.45) is -1.69. The number of hydrogen-bond donors (Lipinski definition) is 0. The van der Waals surface area contributed by atoms with Crippen LogP contribution in [0.1, 0.15) is 44.9 Å². The van der Waals surface area contributed by atoms with Crippen molar-refractivity contribution < 1.29 is 34.6 Å². The summed E-state index contributed by atoms with van der Waals surface area (Å²) in [5.74, 6) is 0. The Kier molecular flexibility index (Phi) is 12.6. The molecule has 0 radical (unpaired) electrons. The first kappa shape index (κ1) is 23.0. The summed E-state index contributed by atoms with van der Waals surface area (Å²) in [6, 6.07) is -1.73. The van der Waals surface area contributed by atoms with Gasteiger partial charge in [0.15, 0.2) is 0 Å². The van der Waals surface area contributed by atoms with E-state index >= 15 is 0 Å². The van der Waals surface area contributed by atoms with Gasteiger partial charge in [-0.1, -0.05) is 18.5 Å². The number of hydrogen-bond acceptors (Lipinski definition) is 0. The van der Waals surface area contributed by atoms with Crippen LogP contribution >= 0.6 is 18.6 Å². The Balaban J connectivity index is 0.000000891. The van der Waals surface area contributed by atoms with Gasteiger partial charge in [0.05, 0.1) is 24.7 Å². The van der Waals surface area contributed by atoms with Crippen molar-refractivity contribution in [2.75, 3.05) is 13.1 Å². The van der Waals surface area contributed by atoms with Gasteiger partial charge >= 0.3 is 35.6 Å². The van der Waals surface area contributed by atoms with Crippen LogP contribution in [-0.2, 0) is 17.0 Å². The molecule has 0 aromatic carbocycles. The van der Waals surface area contributed by atoms with Crippen molar-refractivity contribution in [2.24, 2.45) is 0 Å². The molecule has 2 rings (SSSR count). The van der Waals surface area contributed by atoms with E-state index in [0.717, 1.165) is 0 Å². The van der Waals surface area contributed by atoms with E-state index in [-0.39, 0.29) is 0 Å². The average Bonchev–Trinajstić information content (AvgIpc) is 2.53. The molecule has 2 nitrogen and oxygen atoms in total. The molecule has 4 atom stereocenters. The molecule has 0 heterocycles. The molecule has 0 aromatic rings. The molecule has 0 aromatic heterocycles. The molecule has 0 aliphatic heterocycles. The molecule has 0 N–H and O–H groups in total. The third-order valence-corrected chi connectivity index (χ3v) is 4.40. The topological polar surface area (TPSA) is 28.2 Å². The first-order chi connectivity index (χ1) is 11.5. The Morgan fingerprint density at radius 1 is 0.708 bits per heavy atom. The van der Waals surface area contributed by atoms with Crippen LogP contribution in [-0.4, -0.2) is 49.9 Å². The van der Waals surface area contributed by atoms with Gasteiger partial charge in [0.1, 0.15) is 0 Å². The van der Waals surface area contributed by atoms with Gasteiger partial charge in [-0.2, -0.15) is 13.1 Å². The fraction of sp³-hybridized carbons (Fsp3) is 1.00. The maximum atomic E-state index is 13.5. The van der Waals surface area contributed by atoms with E-state index in [1.165, 1.54) is 0 Å². The van der Waals surface area contributed by atoms with Gasteiger partial charge in [0, 0.05) is 0 Å². The number of nitrogens with zero attached hydrogens (tertiary/aromatic N) is 2. The van der Waals surface area contributed by atoms with Crippen LogP contribution in [0.25, 0.3) is 10.6 Å². The Bertz CT molecular complexity index is 286. The van der Waals surface area contributed by atoms with Crippen molar-refractivity contribution in [3.8, 4) is 0 Å². The van der Waals surface area contributed by atoms with Crippen molar-refractivity contribution in [3.63, 3.8) is 0 Å². The van der Waals surface area contributed by atoms with Crippen LogP contribution in [0.3, 0.4) is 0 Å². The van der Waals surface area contributed by atoms with Crippen LogP contribution < -0.4 is 0 Å². The van der Waals surface area contributed by atoms with Gasteiger partial charge in [0.2, 0.25) is 0 Å². The number of halogens is 6. The molecule has 142 valence electrons. The zero-order valence-corrected chi connectivity index (χ0v) is 16.6. The van der Waals surface area contributed by atoms with Crippen LogP contribution in [0, 0.1) is 0 Å². The van der Waals surface area contributed by atoms with Crippen molar-refractivity contribution >= 4 is 18.6 Å². The molecule has 4 unspecified atom stereocenters. The first-order valence-electron chi connectivity index (χ1n) is 8.37. The second-order valence-electron chi connectivity index (χ2n) is 6.14. The normalized spacial score (nSPS) is 36.6. The van der Waals surface area contributed by atoms with E-state index in [4.69, 9.17) is 18.6 Å². The predicted molar refractivity (Wildman–Crippen MR) is 87.6 cm³/mol. The zero-order valence-electron chi connectivity index (χ0n) is 13.5. The Morgan fingerprint density at radius 2 is 1.00 bits per heavy atom. The summed E-state index contributed by atoms with van der Waals surface area (Å²) in [4.78, 5) is 0. The SMILES string of the molecule is FC1CCCC(F)C1[N-]CCC[N-]C1C(F)CCCC1F.[Cl][Ti][Cl]. The van der Waals surface area contributed by atoms with E-state index in [9.17, 15) is 17.6 Å². The van der Waals surface area contributed by atoms with E-state index in [2.05, 4.69) is 10.6 Å². The maximum absolute atomic E-state index is 13.5. The van der Waals surface area contributed by atoms with Crippen molar-refractivity contribution in [3.05, 3.63) is 10.6 Å². The van der Waals surface area contributed by atoms with Gasteiger partial charge in [-0.05, 0) is 38.5 Å². The fourth-order valence-corrected chi connectivity index (χ4v) is 3.16. The van der Waals surface area contributed by atoms with Crippen LogP contribution in [0.5, 0.6) is 0 Å². The molecular formula is C15H24Cl2F4N2Ti-2. The average molecular weight is 427 g/mol. The third-order valence-electron chi connectivity index (χ3n) is 4.40. The first-order valence-corrected chi connectivity index (χ1v) is 12.7. The minimum absolute atomic E-state index is 0.301. The quantitative estimate of drug-likeness (QED) is 0.285. The minimum atomic E-state index is -1.20. The molecule has 0 saturated heterocycles. The molecule has 9 heteroatoms. The monoisotopic (exact) mass is 426 g/mol. The fourth-order valence-electron chi connectivity index (χ4n) is 3.16. The molecular weight excluding hydrogens is 403 g/mol. The molecule has 0 spiro atoms. The molecule has 2 fully saturated rings. The molecule has 24 heavy (non-hydrogen) atoms. The van der Waals surface area contributed by atoms with Gasteiger partial charge in [-0.15, -0.1) is 0 Å². The molecule has 2 saturated carbocycles. The summed E-state index contributed by atoms with van der Waals surface area (Å²) >= 11 is -0.556. The third kappa shape index (κ3) is 8.09. The summed E-state index contributed by atoms with van der Waals surface area (Å²) in [5, 5.41) is 8.14. The summed E-state index contributed by atoms with van der Waals surface area (Å²) in [5.41, 5.74) is 0. The Hall–Kier alpha value is 0.934. The van der Waals surface area contributed by atoms with Crippen molar-refractivity contribution in [1.82, 2.24) is 0 Å². The molecule has 2 aliphatic rings. The van der Waals surface area contributed by atoms with Crippen molar-refractivity contribution in [1.29, 1.82) is 0 Å². The molecule has 0 amide bonds. The number of rotatable bonds is 6.